The summed E-state index contributed by atoms with van der Waals surface area (Å²) in [6.45, 7) is 0. The van der Waals surface area contributed by atoms with Crippen LogP contribution in [0.25, 0.3) is 0 Å². The number of hydrogen-bond acceptors (Lipinski definition) is 1. The van der Waals surface area contributed by atoms with Crippen LogP contribution in [0.4, 0.5) is 0 Å². The summed E-state index contributed by atoms with van der Waals surface area (Å²) < 4.78 is 0. The quantitative estimate of drug-likeness (QED) is 0.495. The van der Waals surface area contributed by atoms with Gasteiger partial charge in [0, 0.05) is 0 Å². The van der Waals surface area contributed by atoms with Crippen molar-refractivity contribution >= 4 is 0 Å². The highest BCUT2D eigenvalue weighted by Crippen LogP contribution is 2.84. The van der Waals surface area contributed by atoms with Gasteiger partial charge in [0.1, 0.15) is 0 Å². The Bertz CT molecular complexity index is 179. The van der Waals surface area contributed by atoms with E-state index in [1.54, 1.807) is 0 Å². The first-order valence-electron chi connectivity index (χ1n) is 4.07. The van der Waals surface area contributed by atoms with Crippen molar-refractivity contribution in [1.29, 1.82) is 0 Å². The Morgan fingerprint density at radius 2 is 1.44 bits per heavy atom. The highest BCUT2D eigenvalue weighted by molar-refractivity contribution is 5.30. The molecule has 0 amide bonds. The summed E-state index contributed by atoms with van der Waals surface area (Å²) in [7, 11) is 0. The van der Waals surface area contributed by atoms with Gasteiger partial charge in [-0.2, -0.15) is 0 Å². The van der Waals surface area contributed by atoms with Crippen LogP contribution < -0.4 is 0 Å². The summed E-state index contributed by atoms with van der Waals surface area (Å²) in [5.41, 5.74) is 0. The first-order chi connectivity index (χ1) is 4.39. The minimum absolute atomic E-state index is 0.156. The molecule has 5 aliphatic rings. The molecule has 5 aliphatic carbocycles. The van der Waals surface area contributed by atoms with Crippen LogP contribution in [0.3, 0.4) is 0 Å². The molecule has 0 saturated heterocycles. The summed E-state index contributed by atoms with van der Waals surface area (Å²) >= 11 is 0. The largest absolute Gasteiger partial charge is 0.393 e. The fraction of sp³-hybridized carbons (Fsp3) is 1.00. The van der Waals surface area contributed by atoms with Crippen molar-refractivity contribution in [2.24, 2.45) is 35.5 Å². The first-order valence-corrected chi connectivity index (χ1v) is 4.07. The zero-order valence-electron chi connectivity index (χ0n) is 5.20. The molecular formula is C8H10O. The van der Waals surface area contributed by atoms with Gasteiger partial charge >= 0.3 is 0 Å². The van der Waals surface area contributed by atoms with E-state index in [-0.39, 0.29) is 6.10 Å². The lowest BCUT2D eigenvalue weighted by Gasteiger charge is -2.38. The van der Waals surface area contributed by atoms with Gasteiger partial charge in [-0.25, -0.2) is 0 Å². The molecule has 9 heavy (non-hydrogen) atoms. The number of aliphatic hydroxyl groups is 1. The molecular weight excluding hydrogens is 112 g/mol. The third kappa shape index (κ3) is 0.196. The molecule has 0 radical (unpaired) electrons. The lowest BCUT2D eigenvalue weighted by atomic mass is 9.70. The number of aliphatic hydroxyl groups excluding tert-OH is 1. The molecule has 6 bridgehead atoms. The fourth-order valence-electron chi connectivity index (χ4n) is 4.36. The molecule has 3 unspecified atom stereocenters. The maximum absolute atomic E-state index is 9.45. The molecule has 1 N–H and O–H groups in total. The van der Waals surface area contributed by atoms with Crippen molar-refractivity contribution in [2.45, 2.75) is 12.5 Å². The van der Waals surface area contributed by atoms with Gasteiger partial charge in [0.25, 0.3) is 0 Å². The summed E-state index contributed by atoms with van der Waals surface area (Å²) in [6.07, 6.45) is 1.64. The second-order valence-electron chi connectivity index (χ2n) is 4.36. The van der Waals surface area contributed by atoms with Crippen molar-refractivity contribution in [1.82, 2.24) is 0 Å². The molecule has 7 atom stereocenters. The van der Waals surface area contributed by atoms with Gasteiger partial charge in [0.15, 0.2) is 0 Å². The summed E-state index contributed by atoms with van der Waals surface area (Å²) in [6, 6.07) is 0. The minimum atomic E-state index is 0.156. The van der Waals surface area contributed by atoms with Gasteiger partial charge in [0.05, 0.1) is 6.10 Å². The van der Waals surface area contributed by atoms with Crippen LogP contribution in [-0.4, -0.2) is 11.2 Å². The van der Waals surface area contributed by atoms with E-state index in [2.05, 4.69) is 0 Å². The third-order valence-corrected chi connectivity index (χ3v) is 4.50. The monoisotopic (exact) mass is 122 g/mol. The van der Waals surface area contributed by atoms with E-state index in [1.165, 1.54) is 6.42 Å². The molecule has 1 heteroatoms. The maximum Gasteiger partial charge on any atom is 0.0607 e. The molecule has 0 heterocycles. The number of rotatable bonds is 0. The Balaban J connectivity index is 1.98. The van der Waals surface area contributed by atoms with Crippen molar-refractivity contribution in [2.75, 3.05) is 0 Å². The number of hydrogen-bond donors (Lipinski definition) is 1. The molecule has 48 valence electrons. The second kappa shape index (κ2) is 0.800. The van der Waals surface area contributed by atoms with E-state index in [1.807, 2.05) is 0 Å². The molecule has 0 aromatic heterocycles. The van der Waals surface area contributed by atoms with Crippen LogP contribution in [0, 0.1) is 35.5 Å². The van der Waals surface area contributed by atoms with Crippen LogP contribution >= 0.6 is 0 Å². The van der Waals surface area contributed by atoms with Crippen molar-refractivity contribution in [3.8, 4) is 0 Å². The zero-order valence-corrected chi connectivity index (χ0v) is 5.20. The van der Waals surface area contributed by atoms with Crippen LogP contribution in [-0.2, 0) is 0 Å². The minimum Gasteiger partial charge on any atom is -0.393 e. The Morgan fingerprint density at radius 3 is 1.78 bits per heavy atom. The first kappa shape index (κ1) is 3.97. The van der Waals surface area contributed by atoms with Gasteiger partial charge in [-0.05, 0) is 41.9 Å². The SMILES string of the molecule is OC1[C@H]2C3CC4[C@H]2[C@@H]4[C@H]13. The summed E-state index contributed by atoms with van der Waals surface area (Å²) in [5.74, 6) is 5.74. The van der Waals surface area contributed by atoms with Crippen molar-refractivity contribution in [3.63, 3.8) is 0 Å². The van der Waals surface area contributed by atoms with Gasteiger partial charge in [-0.3, -0.25) is 0 Å². The highest BCUT2D eigenvalue weighted by Gasteiger charge is 2.83. The Labute approximate surface area is 54.1 Å². The average molecular weight is 122 g/mol. The Hall–Kier alpha value is -0.0400. The zero-order chi connectivity index (χ0) is 5.75. The van der Waals surface area contributed by atoms with Crippen LogP contribution in [0.2, 0.25) is 0 Å². The predicted molar refractivity (Wildman–Crippen MR) is 31.6 cm³/mol. The molecule has 5 saturated carbocycles. The summed E-state index contributed by atoms with van der Waals surface area (Å²) in [4.78, 5) is 0. The summed E-state index contributed by atoms with van der Waals surface area (Å²) in [5, 5.41) is 9.45. The second-order valence-corrected chi connectivity index (χ2v) is 4.36. The van der Waals surface area contributed by atoms with E-state index < -0.39 is 0 Å². The Morgan fingerprint density at radius 1 is 0.889 bits per heavy atom. The van der Waals surface area contributed by atoms with Crippen LogP contribution in [0.5, 0.6) is 0 Å². The van der Waals surface area contributed by atoms with Crippen molar-refractivity contribution in [3.05, 3.63) is 0 Å². The molecule has 5 fully saturated rings. The molecule has 5 rings (SSSR count). The van der Waals surface area contributed by atoms with E-state index >= 15 is 0 Å². The van der Waals surface area contributed by atoms with Gasteiger partial charge < -0.3 is 5.11 Å². The van der Waals surface area contributed by atoms with Crippen LogP contribution in [0.1, 0.15) is 6.42 Å². The van der Waals surface area contributed by atoms with Gasteiger partial charge in [-0.15, -0.1) is 0 Å². The maximum atomic E-state index is 9.45. The molecule has 1 nitrogen and oxygen atoms in total. The molecule has 0 spiro atoms. The standard InChI is InChI=1S/C8H10O/c9-8-6-3-1-2-4(6)5(2)7(3)8/h2-9H,1H2/t2?,3?,4-,5+,6-,7+,8?. The smallest absolute Gasteiger partial charge is 0.0607 e. The van der Waals surface area contributed by atoms with E-state index in [9.17, 15) is 5.11 Å². The van der Waals surface area contributed by atoms with Crippen LogP contribution in [0.15, 0.2) is 0 Å². The lowest BCUT2D eigenvalue weighted by Crippen LogP contribution is -2.43. The molecule has 0 aromatic carbocycles. The average Bonchev–Trinajstić information content (AvgIpc) is 2.39. The normalized spacial score (nSPS) is 87.0. The third-order valence-electron chi connectivity index (χ3n) is 4.50. The predicted octanol–water partition coefficient (Wildman–Crippen LogP) is 0.489. The topological polar surface area (TPSA) is 20.2 Å². The highest BCUT2D eigenvalue weighted by atomic mass is 16.3. The van der Waals surface area contributed by atoms with Crippen molar-refractivity contribution < 1.29 is 5.11 Å². The fourth-order valence-corrected chi connectivity index (χ4v) is 4.36. The molecule has 0 aliphatic heterocycles. The lowest BCUT2D eigenvalue weighted by molar-refractivity contribution is -0.0477. The van der Waals surface area contributed by atoms with Gasteiger partial charge in [-0.1, -0.05) is 0 Å². The van der Waals surface area contributed by atoms with E-state index in [0.29, 0.717) is 0 Å². The van der Waals surface area contributed by atoms with Gasteiger partial charge in [0.2, 0.25) is 0 Å². The molecule has 0 aromatic rings. The van der Waals surface area contributed by atoms with E-state index in [4.69, 9.17) is 0 Å². The van der Waals surface area contributed by atoms with E-state index in [0.717, 1.165) is 35.5 Å². The Kier molecular flexibility index (Phi) is 0.353.